The van der Waals surface area contributed by atoms with Gasteiger partial charge in [0.2, 0.25) is 29.6 Å². The normalized spacial score (nSPS) is 16.0. The quantitative estimate of drug-likeness (QED) is 0.00264. The number of nitrogens with zero attached hydrogens (tertiary/aromatic N) is 6. The average Bonchev–Trinajstić information content (AvgIpc) is 0.831. The number of likely N-dealkylation sites (N-methyl/N-ethyl adjacent to an activating group) is 1. The largest absolute Gasteiger partial charge is 0.508 e. The van der Waals surface area contributed by atoms with Crippen molar-refractivity contribution in [1.82, 2.24) is 72.2 Å². The molecule has 2 aromatic carbocycles. The molecule has 0 saturated carbocycles. The Balaban J connectivity index is 0.0000114. The number of Topliss-reactive ketones (excluding diaryl/α,β-unsaturated/α-hetero) is 4. The van der Waals surface area contributed by atoms with E-state index < -0.39 is 236 Å². The van der Waals surface area contributed by atoms with Gasteiger partial charge in [-0.2, -0.15) is 4.98 Å². The van der Waals surface area contributed by atoms with Crippen molar-refractivity contribution in [2.75, 3.05) is 56.0 Å². The van der Waals surface area contributed by atoms with E-state index in [4.69, 9.17) is 31.1 Å². The van der Waals surface area contributed by atoms with Crippen LogP contribution in [0.1, 0.15) is 220 Å². The Bertz CT molecular complexity index is 5280. The number of rotatable bonds is 57. The van der Waals surface area contributed by atoms with Crippen LogP contribution in [0.15, 0.2) is 72.0 Å². The molecule has 13 atom stereocenters. The zero-order valence-electron chi connectivity index (χ0n) is 78.0. The molecule has 1 unspecified atom stereocenters. The molecule has 1 aliphatic heterocycles. The minimum Gasteiger partial charge on any atom is -0.508 e. The topological polar surface area (TPSA) is 719 Å². The van der Waals surface area contributed by atoms with Crippen LogP contribution in [-0.2, 0) is 99.1 Å². The number of hydrogen-bond donors (Lipinski definition) is 18. The Morgan fingerprint density at radius 3 is 2.04 bits per heavy atom. The van der Waals surface area contributed by atoms with E-state index in [9.17, 15) is 117 Å². The average molecular weight is 2000 g/mol. The van der Waals surface area contributed by atoms with E-state index in [2.05, 4.69) is 80.8 Å². The van der Waals surface area contributed by atoms with Gasteiger partial charge in [-0.15, -0.1) is 24.5 Å². The number of hydrogen-bond acceptors (Lipinski definition) is 34. The highest BCUT2D eigenvalue weighted by Crippen LogP contribution is 2.38. The number of thiazole rings is 1. The molecule has 7 rings (SSSR count). The molecule has 0 spiro atoms. The zero-order valence-corrected chi connectivity index (χ0v) is 80.5. The molecule has 4 heterocycles. The van der Waals surface area contributed by atoms with Crippen LogP contribution >= 0.6 is 32.9 Å². The number of hydrazine groups is 1. The maximum absolute atomic E-state index is 15.1. The number of carboxylic acids is 5. The number of carboxylic acid groups (broad SMARTS) is 5. The molecule has 3 aromatic heterocycles. The predicted molar refractivity (Wildman–Crippen MR) is 508 cm³/mol. The van der Waals surface area contributed by atoms with Crippen molar-refractivity contribution in [2.24, 2.45) is 41.2 Å². The number of carbonyl (C=O) groups is 18. The van der Waals surface area contributed by atoms with Crippen LogP contribution in [0.5, 0.6) is 5.75 Å². The number of nitrogens with one attached hydrogen (secondary N) is 10. The second-order valence-electron chi connectivity index (χ2n) is 33.7. The fourth-order valence-electron chi connectivity index (χ4n) is 15.5. The second kappa shape index (κ2) is 57.0. The van der Waals surface area contributed by atoms with Crippen LogP contribution in [0.3, 0.4) is 0 Å². The van der Waals surface area contributed by atoms with Gasteiger partial charge in [0, 0.05) is 106 Å². The van der Waals surface area contributed by atoms with Gasteiger partial charge in [-0.1, -0.05) is 75.1 Å². The number of fused-ring (bicyclic) bond motifs is 2. The highest BCUT2D eigenvalue weighted by Gasteiger charge is 2.43. The summed E-state index contributed by atoms with van der Waals surface area (Å²) in [5, 5.41) is 84.8. The van der Waals surface area contributed by atoms with Crippen molar-refractivity contribution >= 4 is 168 Å². The molecule has 49 heteroatoms. The van der Waals surface area contributed by atoms with Crippen LogP contribution < -0.4 is 59.8 Å². The van der Waals surface area contributed by atoms with Crippen LogP contribution in [0, 0.1) is 40.9 Å². The summed E-state index contributed by atoms with van der Waals surface area (Å²) >= 11 is 1.01. The number of anilines is 2. The SMILES string of the molecule is C=C.CCCC(=O)OCN(C(=O)[C@@H](CC(=O)[C@H]1CCCCN1C)C(C)CC)[C@H](C[C@@H](OC(C)=O)c1nc(C(=O)N[C@H]2Cc3ccc(O)cc3[C@H](C(=O)NNC(=O)OCCSSC[C@H](CC(=O)[C@H](CC(=O)O)NC(=O)[C@H](CC(=O)O)CC(=O)[C@H](CCCNC(=N)N)NC(=O)[C@H](CC(=O)O)CC(=O)CC[C@H](NC(=O)c3ccc(NCc4cnc5nc(N)[nH]c(=O)c5n4)cc3)C(=O)O)C(=O)O)C2)cs1)C(C)C.[2HH]. The molecule has 5 aromatic rings. The number of guanidine groups is 1. The lowest BCUT2D eigenvalue weighted by molar-refractivity contribution is -0.162. The van der Waals surface area contributed by atoms with E-state index in [-0.39, 0.29) is 140 Å². The Morgan fingerprint density at radius 2 is 1.42 bits per heavy atom. The number of esters is 2. The lowest BCUT2D eigenvalue weighted by Gasteiger charge is -2.39. The summed E-state index contributed by atoms with van der Waals surface area (Å²) in [5.41, 5.74) is 16.4. The number of aromatic hydroxyl groups is 1. The van der Waals surface area contributed by atoms with Gasteiger partial charge in [-0.25, -0.2) is 30.0 Å². The number of benzene rings is 2. The van der Waals surface area contributed by atoms with Gasteiger partial charge in [0.25, 0.3) is 17.4 Å². The number of amides is 7. The van der Waals surface area contributed by atoms with Gasteiger partial charge < -0.3 is 93.1 Å². The number of aromatic nitrogens is 5. The number of aliphatic carboxylic acids is 5. The molecule has 0 radical (unpaired) electrons. The minimum atomic E-state index is -2.03. The summed E-state index contributed by atoms with van der Waals surface area (Å²) < 4.78 is 16.8. The molecule has 1 fully saturated rings. The molecule has 139 heavy (non-hydrogen) atoms. The number of aromatic amines is 1. The highest BCUT2D eigenvalue weighted by molar-refractivity contribution is 8.76. The maximum atomic E-state index is 15.1. The Labute approximate surface area is 812 Å². The van der Waals surface area contributed by atoms with Gasteiger partial charge in [-0.05, 0) is 124 Å². The van der Waals surface area contributed by atoms with Crippen molar-refractivity contribution in [3.8, 4) is 5.75 Å². The summed E-state index contributed by atoms with van der Waals surface area (Å²) in [4.78, 5) is 276. The Morgan fingerprint density at radius 1 is 0.755 bits per heavy atom. The molecule has 760 valence electrons. The Hall–Kier alpha value is -13.6. The van der Waals surface area contributed by atoms with Crippen molar-refractivity contribution < 1.29 is 133 Å². The number of ether oxygens (including phenoxy) is 3. The van der Waals surface area contributed by atoms with Crippen LogP contribution in [-0.4, -0.2) is 259 Å². The number of carbonyl (C=O) groups excluding carboxylic acids is 13. The summed E-state index contributed by atoms with van der Waals surface area (Å²) in [5.74, 6) is -27.0. The van der Waals surface area contributed by atoms with Gasteiger partial charge in [0.1, 0.15) is 34.9 Å². The van der Waals surface area contributed by atoms with Gasteiger partial charge in [-0.3, -0.25) is 102 Å². The maximum Gasteiger partial charge on any atom is 0.426 e. The van der Waals surface area contributed by atoms with Crippen LogP contribution in [0.4, 0.5) is 16.4 Å². The predicted octanol–water partition coefficient (Wildman–Crippen LogP) is 5.47. The Kier molecular flexibility index (Phi) is 46.8. The molecular formula is C90H124N18O28S3. The molecule has 2 aliphatic rings. The van der Waals surface area contributed by atoms with E-state index in [1.54, 1.807) is 13.0 Å². The van der Waals surface area contributed by atoms with Crippen molar-refractivity contribution in [3.63, 3.8) is 0 Å². The number of nitrogen functional groups attached to an aromatic ring is 1. The lowest BCUT2D eigenvalue weighted by Crippen LogP contribution is -2.50. The zero-order chi connectivity index (χ0) is 103. The number of likely N-dealkylation sites (tertiary alicyclic amines) is 1. The monoisotopic (exact) mass is 2000 g/mol. The number of ketones is 4. The molecule has 0 bridgehead atoms. The third-order valence-electron chi connectivity index (χ3n) is 23.0. The van der Waals surface area contributed by atoms with Crippen molar-refractivity contribution in [1.29, 1.82) is 5.41 Å². The summed E-state index contributed by atoms with van der Waals surface area (Å²) in [6.07, 6.45) is -5.24. The smallest absolute Gasteiger partial charge is 0.426 e. The molecule has 7 amide bonds. The fourth-order valence-corrected chi connectivity index (χ4v) is 18.5. The van der Waals surface area contributed by atoms with Gasteiger partial charge >= 0.3 is 47.9 Å². The van der Waals surface area contributed by atoms with Crippen molar-refractivity contribution in [2.45, 2.75) is 225 Å². The van der Waals surface area contributed by atoms with E-state index >= 15 is 4.79 Å². The highest BCUT2D eigenvalue weighted by atomic mass is 33.1. The number of phenolic OH excluding ortho intramolecular Hbond substituents is 1. The van der Waals surface area contributed by atoms with E-state index in [1.165, 1.54) is 59.8 Å². The number of phenols is 1. The molecule has 20 N–H and O–H groups in total. The van der Waals surface area contributed by atoms with Crippen LogP contribution in [0.25, 0.3) is 11.2 Å². The number of nitrogens with two attached hydrogens (primary N) is 2. The molecular weight excluding hydrogens is 1880 g/mol. The lowest BCUT2D eigenvalue weighted by atomic mass is 9.79. The van der Waals surface area contributed by atoms with E-state index in [0.717, 1.165) is 52.3 Å². The molecule has 1 aliphatic carbocycles. The fraction of sp³-hybridized carbons (Fsp3) is 0.533. The standard InChI is InChI=1S/C88H118N18O28S3.C2H4.H2/c1-8-13-73(119)133-43-106(83(126)57(45(5)9-2)36-68(112)64-15-10-11-25-105(64)7)65(44(3)4)38-69(134-46(6)107)82-100-63(42-135-82)80(124)96-53-28-48-18-21-56(109)35-58(48)59(34-53)79(123)103-104-88(131)132-26-27-136-137-41-51(84(127)128)31-67(111)62(37-72(117)118)99-78(122)50(33-71(115)116)30-66(110)60(14-12-24-92-86(89)90)97-77(121)49(32-70(113)114)29-55(108)22-23-61(85(129)130)98-76(120)47-16-19-52(20-17-47)93-39-54-40-94-75-74(95-54)81(125)102-87(91)101-75;1-2;/h16-21,35,40,42,44-45,49-51,53,57,59-62,64-65,69,93,109H,8-15,22-34,36-39,41,43H2,1-7H3,(H,96,124)(H,97,121)(H,98,120)(H,99,122)(H,103,123)(H,104,131)(H,113,114)(H,115,116)(H,117,118)(H,127,128)(H,129,130)(H4,89,90,92)(H3,91,94,101,102,125);1-2H2;1H/t45?,49-,50-,51-,53-,57-,59+,60-,61-,62-,64+,65+,69+;;/m0../s1/i;;1+1. The molecule has 46 nitrogen and oxygen atoms in total. The molecule has 1 saturated heterocycles. The van der Waals surface area contributed by atoms with Gasteiger partial charge in [0.05, 0.1) is 79.5 Å². The second-order valence-corrected chi connectivity index (χ2v) is 37.2. The minimum absolute atomic E-state index is 0. The van der Waals surface area contributed by atoms with E-state index in [1.807, 2.05) is 39.6 Å². The first-order valence-corrected chi connectivity index (χ1v) is 48.2. The first-order valence-electron chi connectivity index (χ1n) is 44.9. The first kappa shape index (κ1) is 114. The number of H-pyrrole nitrogens is 1. The van der Waals surface area contributed by atoms with Crippen molar-refractivity contribution in [3.05, 3.63) is 111 Å². The summed E-state index contributed by atoms with van der Waals surface area (Å²) in [7, 11) is 3.72. The third-order valence-corrected chi connectivity index (χ3v) is 26.3. The van der Waals surface area contributed by atoms with Gasteiger partial charge in [0.15, 0.2) is 47.3 Å². The van der Waals surface area contributed by atoms with E-state index in [0.29, 0.717) is 41.8 Å². The summed E-state index contributed by atoms with van der Waals surface area (Å²) in [6.45, 7) is 16.4. The summed E-state index contributed by atoms with van der Waals surface area (Å²) in [6, 6.07) is 2.62. The number of piperidine rings is 1. The van der Waals surface area contributed by atoms with Crippen LogP contribution in [0.2, 0.25) is 0 Å². The third kappa shape index (κ3) is 37.4. The first-order chi connectivity index (χ1) is 65.9.